The number of benzene rings is 2. The molecule has 2 aromatic rings. The van der Waals surface area contributed by atoms with Gasteiger partial charge >= 0.3 is 58.4 Å². The van der Waals surface area contributed by atoms with Crippen LogP contribution < -0.4 is 61.6 Å². The van der Waals surface area contributed by atoms with Crippen molar-refractivity contribution in [2.24, 2.45) is 0 Å². The van der Waals surface area contributed by atoms with E-state index in [0.717, 1.165) is 0 Å². The van der Waals surface area contributed by atoms with E-state index >= 15 is 0 Å². The summed E-state index contributed by atoms with van der Waals surface area (Å²) in [5, 5.41) is 0.746. The molecule has 0 radical (unpaired) electrons. The molecule has 0 unspecified atom stereocenters. The SMILES string of the molecule is COCCCOc1ccc2ccccc2c1[B-](F)(F)F.[K+]. The van der Waals surface area contributed by atoms with Crippen molar-refractivity contribution in [3.05, 3.63) is 36.4 Å². The Bertz CT molecular complexity index is 590. The van der Waals surface area contributed by atoms with E-state index < -0.39 is 12.4 Å². The molecule has 0 saturated heterocycles. The number of halogens is 3. The average molecular weight is 322 g/mol. The van der Waals surface area contributed by atoms with Gasteiger partial charge in [0.1, 0.15) is 0 Å². The molecule has 21 heavy (non-hydrogen) atoms. The largest absolute Gasteiger partial charge is 1.00 e. The fourth-order valence-corrected chi connectivity index (χ4v) is 2.12. The molecule has 0 saturated carbocycles. The minimum Gasteiger partial charge on any atom is -0.496 e. The van der Waals surface area contributed by atoms with Crippen LogP contribution in [0.4, 0.5) is 12.9 Å². The summed E-state index contributed by atoms with van der Waals surface area (Å²) in [6, 6.07) is 9.49. The van der Waals surface area contributed by atoms with E-state index in [1.54, 1.807) is 31.4 Å². The average Bonchev–Trinajstić information content (AvgIpc) is 2.41. The van der Waals surface area contributed by atoms with Crippen LogP contribution in [0.2, 0.25) is 0 Å². The molecule has 0 aromatic heterocycles. The maximum absolute atomic E-state index is 13.3. The monoisotopic (exact) mass is 322 g/mol. The third-order valence-corrected chi connectivity index (χ3v) is 3.01. The Kier molecular flexibility index (Phi) is 7.73. The summed E-state index contributed by atoms with van der Waals surface area (Å²) in [5.74, 6) is -0.104. The van der Waals surface area contributed by atoms with Gasteiger partial charge in [-0.3, -0.25) is 0 Å². The molecule has 108 valence electrons. The number of methoxy groups -OCH3 is 1. The van der Waals surface area contributed by atoms with E-state index in [9.17, 15) is 12.9 Å². The van der Waals surface area contributed by atoms with Crippen molar-refractivity contribution >= 4 is 23.2 Å². The van der Waals surface area contributed by atoms with E-state index in [-0.39, 0.29) is 69.1 Å². The molecule has 0 heterocycles. The normalized spacial score (nSPS) is 11.2. The Morgan fingerprint density at radius 3 is 2.38 bits per heavy atom. The van der Waals surface area contributed by atoms with Gasteiger partial charge in [0.05, 0.1) is 12.4 Å². The van der Waals surface area contributed by atoms with Crippen LogP contribution in [0.15, 0.2) is 36.4 Å². The van der Waals surface area contributed by atoms with Crippen molar-refractivity contribution in [1.29, 1.82) is 0 Å². The first kappa shape index (κ1) is 19.0. The Balaban J connectivity index is 0.00000220. The first-order chi connectivity index (χ1) is 9.54. The number of fused-ring (bicyclic) bond motifs is 1. The van der Waals surface area contributed by atoms with Gasteiger partial charge in [-0.05, 0) is 16.8 Å². The third kappa shape index (κ3) is 4.97. The quantitative estimate of drug-likeness (QED) is 0.563. The molecule has 2 nitrogen and oxygen atoms in total. The molecule has 0 fully saturated rings. The van der Waals surface area contributed by atoms with Crippen molar-refractivity contribution in [3.63, 3.8) is 0 Å². The molecular weight excluding hydrogens is 307 g/mol. The zero-order chi connectivity index (χ0) is 14.6. The Morgan fingerprint density at radius 1 is 1.00 bits per heavy atom. The van der Waals surface area contributed by atoms with Gasteiger partial charge in [0.2, 0.25) is 0 Å². The molecule has 0 amide bonds. The number of ether oxygens (including phenoxy) is 2. The van der Waals surface area contributed by atoms with E-state index in [4.69, 9.17) is 9.47 Å². The maximum atomic E-state index is 13.3. The fourth-order valence-electron chi connectivity index (χ4n) is 2.12. The molecule has 0 spiro atoms. The van der Waals surface area contributed by atoms with E-state index in [1.807, 2.05) is 0 Å². The molecule has 0 atom stereocenters. The van der Waals surface area contributed by atoms with Crippen molar-refractivity contribution in [2.45, 2.75) is 6.42 Å². The van der Waals surface area contributed by atoms with Gasteiger partial charge in [-0.1, -0.05) is 35.8 Å². The van der Waals surface area contributed by atoms with Crippen molar-refractivity contribution in [3.8, 4) is 5.75 Å². The summed E-state index contributed by atoms with van der Waals surface area (Å²) in [6.07, 6.45) is 0.549. The minimum atomic E-state index is -5.13. The Hall–Kier alpha value is -0.0487. The molecule has 2 rings (SSSR count). The van der Waals surface area contributed by atoms with Crippen LogP contribution in [0, 0.1) is 0 Å². The molecule has 0 N–H and O–H groups in total. The zero-order valence-corrected chi connectivity index (χ0v) is 15.2. The first-order valence-corrected chi connectivity index (χ1v) is 6.37. The minimum absolute atomic E-state index is 0. The molecule has 2 aromatic carbocycles. The van der Waals surface area contributed by atoms with Crippen LogP contribution in [0.1, 0.15) is 6.42 Å². The molecule has 0 bridgehead atoms. The summed E-state index contributed by atoms with van der Waals surface area (Å²) in [4.78, 5) is 0. The van der Waals surface area contributed by atoms with Crippen LogP contribution in [-0.2, 0) is 4.74 Å². The Labute approximate surface area is 164 Å². The second kappa shape index (κ2) is 8.55. The summed E-state index contributed by atoms with van der Waals surface area (Å²) in [7, 11) is 1.54. The standard InChI is InChI=1S/C14H15BF3O2.K/c1-19-9-4-10-20-13-8-7-11-5-2-3-6-12(11)14(13)15(16,17)18;/h2-3,5-8H,4,9-10H2,1H3;/q-1;+1. The third-order valence-electron chi connectivity index (χ3n) is 3.01. The van der Waals surface area contributed by atoms with Crippen molar-refractivity contribution in [1.82, 2.24) is 0 Å². The topological polar surface area (TPSA) is 18.5 Å². The van der Waals surface area contributed by atoms with Crippen LogP contribution in [-0.4, -0.2) is 27.3 Å². The van der Waals surface area contributed by atoms with Gasteiger partial charge < -0.3 is 22.4 Å². The molecular formula is C14H15BF3KO2. The van der Waals surface area contributed by atoms with Gasteiger partial charge in [-0.2, -0.15) is 0 Å². The maximum Gasteiger partial charge on any atom is 1.00 e. The van der Waals surface area contributed by atoms with Gasteiger partial charge in [0.15, 0.2) is 0 Å². The zero-order valence-electron chi connectivity index (χ0n) is 12.1. The smallest absolute Gasteiger partial charge is 0.496 e. The van der Waals surface area contributed by atoms with Crippen LogP contribution in [0.25, 0.3) is 10.8 Å². The summed E-state index contributed by atoms with van der Waals surface area (Å²) in [5.41, 5.74) is -0.652. The molecule has 0 aliphatic heterocycles. The van der Waals surface area contributed by atoms with Gasteiger partial charge in [0.25, 0.3) is 0 Å². The number of hydrogen-bond donors (Lipinski definition) is 0. The second-order valence-electron chi connectivity index (χ2n) is 4.47. The van der Waals surface area contributed by atoms with E-state index in [2.05, 4.69) is 0 Å². The van der Waals surface area contributed by atoms with Gasteiger partial charge in [-0.25, -0.2) is 0 Å². The van der Waals surface area contributed by atoms with Crippen LogP contribution >= 0.6 is 0 Å². The predicted molar refractivity (Wildman–Crippen MR) is 74.6 cm³/mol. The summed E-state index contributed by atoms with van der Waals surface area (Å²) in [6.45, 7) is -4.47. The van der Waals surface area contributed by atoms with Gasteiger partial charge in [-0.15, -0.1) is 0 Å². The van der Waals surface area contributed by atoms with Crippen LogP contribution in [0.5, 0.6) is 5.75 Å². The first-order valence-electron chi connectivity index (χ1n) is 6.37. The number of rotatable bonds is 6. The number of hydrogen-bond acceptors (Lipinski definition) is 2. The predicted octanol–water partition coefficient (Wildman–Crippen LogP) is 0.314. The summed E-state index contributed by atoms with van der Waals surface area (Å²) < 4.78 is 50.1. The molecule has 0 aliphatic rings. The fraction of sp³-hybridized carbons (Fsp3) is 0.286. The van der Waals surface area contributed by atoms with E-state index in [1.165, 1.54) is 12.1 Å². The Morgan fingerprint density at radius 2 is 1.71 bits per heavy atom. The second-order valence-corrected chi connectivity index (χ2v) is 4.47. The van der Waals surface area contributed by atoms with Crippen molar-refractivity contribution in [2.75, 3.05) is 20.3 Å². The van der Waals surface area contributed by atoms with Crippen LogP contribution in [0.3, 0.4) is 0 Å². The van der Waals surface area contributed by atoms with Gasteiger partial charge in [0, 0.05) is 20.1 Å². The van der Waals surface area contributed by atoms with E-state index in [0.29, 0.717) is 18.4 Å². The molecule has 7 heteroatoms. The summed E-state index contributed by atoms with van der Waals surface area (Å²) >= 11 is 0. The van der Waals surface area contributed by atoms with Crippen molar-refractivity contribution < 1.29 is 73.8 Å². The molecule has 0 aliphatic carbocycles.